The lowest BCUT2D eigenvalue weighted by atomic mass is 9.92. The van der Waals surface area contributed by atoms with E-state index in [0.717, 1.165) is 24.3 Å². The normalized spacial score (nSPS) is 13.9. The highest BCUT2D eigenvalue weighted by molar-refractivity contribution is 5.88. The molecule has 0 saturated heterocycles. The van der Waals surface area contributed by atoms with Gasteiger partial charge in [-0.1, -0.05) is 13.2 Å². The Labute approximate surface area is 151 Å². The summed E-state index contributed by atoms with van der Waals surface area (Å²) < 4.78 is 10.1. The van der Waals surface area contributed by atoms with E-state index in [9.17, 15) is 19.2 Å². The molecule has 0 spiro atoms. The van der Waals surface area contributed by atoms with Crippen molar-refractivity contribution >= 4 is 23.9 Å². The lowest BCUT2D eigenvalue weighted by Gasteiger charge is -2.28. The summed E-state index contributed by atoms with van der Waals surface area (Å²) in [4.78, 5) is 45.1. The van der Waals surface area contributed by atoms with Crippen LogP contribution in [0, 0.1) is 0 Å². The molecule has 0 unspecified atom stereocenters. The Morgan fingerprint density at radius 1 is 0.923 bits per heavy atom. The summed E-state index contributed by atoms with van der Waals surface area (Å²) in [7, 11) is 0. The third-order valence-electron chi connectivity index (χ3n) is 3.18. The van der Waals surface area contributed by atoms with Gasteiger partial charge in [-0.2, -0.15) is 0 Å². The fourth-order valence-electron chi connectivity index (χ4n) is 1.96. The van der Waals surface area contributed by atoms with Gasteiger partial charge in [-0.15, -0.1) is 0 Å². The maximum absolute atomic E-state index is 11.7. The van der Waals surface area contributed by atoms with Crippen molar-refractivity contribution in [1.82, 2.24) is 0 Å². The van der Waals surface area contributed by atoms with E-state index in [1.54, 1.807) is 0 Å². The molecule has 0 heterocycles. The fraction of sp³-hybridized carbons (Fsp3) is 0.333. The van der Waals surface area contributed by atoms with Gasteiger partial charge in [0.15, 0.2) is 5.60 Å². The second-order valence-corrected chi connectivity index (χ2v) is 5.32. The number of carboxylic acids is 2. The van der Waals surface area contributed by atoms with Gasteiger partial charge in [0.2, 0.25) is 0 Å². The van der Waals surface area contributed by atoms with Crippen LogP contribution in [0.2, 0.25) is 0 Å². The number of ether oxygens (including phenoxy) is 2. The lowest BCUT2D eigenvalue weighted by molar-refractivity contribution is -0.147. The monoisotopic (exact) mass is 366 g/mol. The van der Waals surface area contributed by atoms with Crippen molar-refractivity contribution in [3.05, 3.63) is 48.6 Å². The van der Waals surface area contributed by atoms with Gasteiger partial charge in [0, 0.05) is 23.3 Å². The molecule has 0 aromatic rings. The molecule has 0 rings (SSSR count). The van der Waals surface area contributed by atoms with E-state index in [1.807, 2.05) is 0 Å². The molecule has 0 bridgehead atoms. The predicted molar refractivity (Wildman–Crippen MR) is 92.2 cm³/mol. The van der Waals surface area contributed by atoms with Crippen LogP contribution in [0.3, 0.4) is 0 Å². The first kappa shape index (κ1) is 22.8. The van der Waals surface area contributed by atoms with E-state index in [4.69, 9.17) is 19.7 Å². The first-order valence-corrected chi connectivity index (χ1v) is 7.57. The molecule has 26 heavy (non-hydrogen) atoms. The highest BCUT2D eigenvalue weighted by Gasteiger charge is 2.31. The van der Waals surface area contributed by atoms with Crippen molar-refractivity contribution in [1.29, 1.82) is 0 Å². The third kappa shape index (κ3) is 8.09. The summed E-state index contributed by atoms with van der Waals surface area (Å²) in [5, 5.41) is 18.2. The molecule has 0 atom stereocenters. The molecule has 0 aliphatic heterocycles. The smallest absolute Gasteiger partial charge is 0.331 e. The Kier molecular flexibility index (Phi) is 9.36. The Bertz CT molecular complexity index is 624. The van der Waals surface area contributed by atoms with Crippen LogP contribution in [0.25, 0.3) is 0 Å². The highest BCUT2D eigenvalue weighted by Crippen LogP contribution is 2.26. The van der Waals surface area contributed by atoms with Crippen LogP contribution >= 0.6 is 0 Å². The van der Waals surface area contributed by atoms with E-state index >= 15 is 0 Å². The number of carbonyl (C=O) groups is 4. The molecule has 0 aliphatic carbocycles. The first-order valence-electron chi connectivity index (χ1n) is 7.57. The largest absolute Gasteiger partial charge is 0.478 e. The van der Waals surface area contributed by atoms with Gasteiger partial charge in [-0.3, -0.25) is 0 Å². The average Bonchev–Trinajstić information content (AvgIpc) is 2.57. The van der Waals surface area contributed by atoms with E-state index in [-0.39, 0.29) is 30.6 Å². The Morgan fingerprint density at radius 2 is 1.38 bits per heavy atom. The summed E-state index contributed by atoms with van der Waals surface area (Å²) in [6, 6.07) is 0. The molecule has 8 nitrogen and oxygen atoms in total. The van der Waals surface area contributed by atoms with Crippen LogP contribution in [0.15, 0.2) is 48.6 Å². The van der Waals surface area contributed by atoms with Gasteiger partial charge in [0.25, 0.3) is 0 Å². The topological polar surface area (TPSA) is 127 Å². The number of carbonyl (C=O) groups excluding carboxylic acids is 2. The van der Waals surface area contributed by atoms with Gasteiger partial charge in [-0.05, 0) is 38.8 Å². The summed E-state index contributed by atoms with van der Waals surface area (Å²) in [6.45, 7) is 9.03. The zero-order chi connectivity index (χ0) is 20.3. The van der Waals surface area contributed by atoms with Crippen molar-refractivity contribution in [3.8, 4) is 0 Å². The molecular weight excluding hydrogens is 344 g/mol. The van der Waals surface area contributed by atoms with Crippen molar-refractivity contribution in [3.63, 3.8) is 0 Å². The predicted octanol–water partition coefficient (Wildman–Crippen LogP) is 2.03. The summed E-state index contributed by atoms with van der Waals surface area (Å²) in [6.07, 6.45) is 4.27. The van der Waals surface area contributed by atoms with Gasteiger partial charge >= 0.3 is 23.9 Å². The SMILES string of the molecule is C=CC(=O)OCCCC(C=C(C)C(=O)O)(C=C(C)C(=O)O)OC(=O)C=C. The second kappa shape index (κ2) is 10.7. The van der Waals surface area contributed by atoms with Gasteiger partial charge in [-0.25, -0.2) is 19.2 Å². The van der Waals surface area contributed by atoms with Crippen molar-refractivity contribution in [2.45, 2.75) is 32.3 Å². The maximum atomic E-state index is 11.7. The van der Waals surface area contributed by atoms with E-state index in [1.165, 1.54) is 13.8 Å². The van der Waals surface area contributed by atoms with E-state index < -0.39 is 29.5 Å². The van der Waals surface area contributed by atoms with Gasteiger partial charge in [0.1, 0.15) is 0 Å². The molecule has 0 aromatic heterocycles. The van der Waals surface area contributed by atoms with Crippen LogP contribution in [0.4, 0.5) is 0 Å². The third-order valence-corrected chi connectivity index (χ3v) is 3.18. The van der Waals surface area contributed by atoms with E-state index in [0.29, 0.717) is 0 Å². The number of esters is 2. The molecule has 142 valence electrons. The van der Waals surface area contributed by atoms with Crippen molar-refractivity contribution in [2.75, 3.05) is 6.61 Å². The maximum Gasteiger partial charge on any atom is 0.331 e. The number of hydrogen-bond donors (Lipinski definition) is 2. The molecule has 0 aromatic carbocycles. The van der Waals surface area contributed by atoms with Gasteiger partial charge in [0.05, 0.1) is 6.61 Å². The minimum Gasteiger partial charge on any atom is -0.478 e. The molecular formula is C18H22O8. The summed E-state index contributed by atoms with van der Waals surface area (Å²) >= 11 is 0. The second-order valence-electron chi connectivity index (χ2n) is 5.32. The summed E-state index contributed by atoms with van der Waals surface area (Å²) in [5.74, 6) is -4.03. The van der Waals surface area contributed by atoms with Crippen LogP contribution in [0.1, 0.15) is 26.7 Å². The highest BCUT2D eigenvalue weighted by atomic mass is 16.6. The standard InChI is InChI=1S/C18H22O8/c1-5-14(19)25-9-7-8-18(26-15(20)6-2,10-12(3)16(21)22)11-13(4)17(23)24/h5-6,10-11H,1-2,7-9H2,3-4H3,(H,21,22)(H,23,24). The van der Waals surface area contributed by atoms with Crippen LogP contribution in [-0.2, 0) is 28.7 Å². The molecule has 0 saturated carbocycles. The Hall–Kier alpha value is -3.16. The molecule has 0 radical (unpaired) electrons. The minimum atomic E-state index is -1.66. The fourth-order valence-corrected chi connectivity index (χ4v) is 1.96. The molecule has 8 heteroatoms. The van der Waals surface area contributed by atoms with Crippen LogP contribution < -0.4 is 0 Å². The number of aliphatic carboxylic acids is 2. The molecule has 0 fully saturated rings. The number of carboxylic acid groups (broad SMARTS) is 2. The quantitative estimate of drug-likeness (QED) is 0.323. The first-order chi connectivity index (χ1) is 12.1. The van der Waals surface area contributed by atoms with Gasteiger partial charge < -0.3 is 19.7 Å². The van der Waals surface area contributed by atoms with Crippen molar-refractivity contribution in [2.24, 2.45) is 0 Å². The summed E-state index contributed by atoms with van der Waals surface area (Å²) in [5.41, 5.74) is -1.96. The number of rotatable bonds is 11. The average molecular weight is 366 g/mol. The molecule has 0 amide bonds. The van der Waals surface area contributed by atoms with Crippen LogP contribution in [0.5, 0.6) is 0 Å². The minimum absolute atomic E-state index is 0.0216. The van der Waals surface area contributed by atoms with E-state index in [2.05, 4.69) is 13.2 Å². The number of hydrogen-bond acceptors (Lipinski definition) is 6. The Balaban J connectivity index is 5.85. The zero-order valence-corrected chi connectivity index (χ0v) is 14.7. The van der Waals surface area contributed by atoms with Crippen LogP contribution in [-0.4, -0.2) is 46.3 Å². The molecule has 2 N–H and O–H groups in total. The Morgan fingerprint density at radius 3 is 1.77 bits per heavy atom. The molecule has 0 aliphatic rings. The zero-order valence-electron chi connectivity index (χ0n) is 14.7. The van der Waals surface area contributed by atoms with Crippen molar-refractivity contribution < 1.29 is 38.9 Å². The lowest BCUT2D eigenvalue weighted by Crippen LogP contribution is -2.33.